The van der Waals surface area contributed by atoms with Crippen LogP contribution in [0.5, 0.6) is 0 Å². The first-order valence-corrected chi connectivity index (χ1v) is 8.42. The number of carbonyl (C=O) groups is 1. The number of thiophene rings is 1. The van der Waals surface area contributed by atoms with Gasteiger partial charge in [-0.25, -0.2) is 4.79 Å². The Morgan fingerprint density at radius 1 is 1.43 bits per heavy atom. The van der Waals surface area contributed by atoms with Crippen molar-refractivity contribution in [1.82, 2.24) is 4.98 Å². The first-order valence-electron chi connectivity index (χ1n) is 7.60. The second-order valence-corrected chi connectivity index (χ2v) is 7.28. The van der Waals surface area contributed by atoms with Crippen molar-refractivity contribution in [3.63, 3.8) is 0 Å². The minimum absolute atomic E-state index is 0.0969. The van der Waals surface area contributed by atoms with E-state index in [0.717, 1.165) is 24.8 Å². The van der Waals surface area contributed by atoms with Gasteiger partial charge in [-0.3, -0.25) is 9.78 Å². The van der Waals surface area contributed by atoms with E-state index in [1.165, 1.54) is 16.2 Å². The Kier molecular flexibility index (Phi) is 3.16. The molecule has 6 heteroatoms. The van der Waals surface area contributed by atoms with E-state index in [0.29, 0.717) is 33.1 Å². The topological polar surface area (TPSA) is 89.1 Å². The minimum Gasteiger partial charge on any atom is -0.408 e. The van der Waals surface area contributed by atoms with Crippen molar-refractivity contribution < 1.29 is 9.21 Å². The van der Waals surface area contributed by atoms with Gasteiger partial charge in [0.05, 0.1) is 16.1 Å². The molecule has 0 amide bonds. The van der Waals surface area contributed by atoms with Crippen LogP contribution in [0.25, 0.3) is 11.1 Å². The lowest BCUT2D eigenvalue weighted by atomic mass is 9.86. The third-order valence-electron chi connectivity index (χ3n) is 4.45. The molecule has 23 heavy (non-hydrogen) atoms. The van der Waals surface area contributed by atoms with Crippen molar-refractivity contribution in [2.45, 2.75) is 26.2 Å². The van der Waals surface area contributed by atoms with Crippen LogP contribution in [0.1, 0.15) is 39.7 Å². The van der Waals surface area contributed by atoms with Crippen LogP contribution in [0.2, 0.25) is 0 Å². The van der Waals surface area contributed by atoms with Gasteiger partial charge < -0.3 is 10.2 Å². The molecule has 1 aliphatic rings. The lowest BCUT2D eigenvalue weighted by molar-refractivity contribution is 0.103. The number of benzene rings is 1. The van der Waals surface area contributed by atoms with E-state index >= 15 is 0 Å². The molecular formula is C17H16N2O3S. The molecule has 0 spiro atoms. The summed E-state index contributed by atoms with van der Waals surface area (Å²) in [5.41, 5.74) is 9.34. The van der Waals surface area contributed by atoms with Gasteiger partial charge in [-0.05, 0) is 48.9 Å². The number of aromatic amines is 1. The van der Waals surface area contributed by atoms with Crippen LogP contribution in [0.3, 0.4) is 0 Å². The van der Waals surface area contributed by atoms with E-state index in [9.17, 15) is 9.59 Å². The van der Waals surface area contributed by atoms with Gasteiger partial charge >= 0.3 is 5.76 Å². The summed E-state index contributed by atoms with van der Waals surface area (Å²) in [7, 11) is 0. The number of carbonyl (C=O) groups excluding carboxylic acids is 1. The maximum atomic E-state index is 12.9. The number of hydrogen-bond donors (Lipinski definition) is 2. The molecule has 1 aliphatic carbocycles. The lowest BCUT2D eigenvalue weighted by Gasteiger charge is -2.18. The predicted octanol–water partition coefficient (Wildman–Crippen LogP) is 3.12. The molecule has 4 rings (SSSR count). The van der Waals surface area contributed by atoms with E-state index in [-0.39, 0.29) is 5.78 Å². The van der Waals surface area contributed by atoms with E-state index in [1.54, 1.807) is 18.2 Å². The Bertz CT molecular complexity index is 980. The van der Waals surface area contributed by atoms with Gasteiger partial charge in [0.25, 0.3) is 0 Å². The monoisotopic (exact) mass is 328 g/mol. The highest BCUT2D eigenvalue weighted by molar-refractivity contribution is 7.16. The molecule has 0 bridgehead atoms. The van der Waals surface area contributed by atoms with Crippen LogP contribution in [-0.4, -0.2) is 10.8 Å². The highest BCUT2D eigenvalue weighted by Gasteiger charge is 2.27. The fraction of sp³-hybridized carbons (Fsp3) is 0.294. The molecule has 3 N–H and O–H groups in total. The number of nitrogens with one attached hydrogen (secondary N) is 1. The lowest BCUT2D eigenvalue weighted by Crippen LogP contribution is -2.13. The van der Waals surface area contributed by atoms with Crippen molar-refractivity contribution in [2.75, 3.05) is 5.73 Å². The molecule has 2 aromatic heterocycles. The predicted molar refractivity (Wildman–Crippen MR) is 90.2 cm³/mol. The quantitative estimate of drug-likeness (QED) is 0.707. The SMILES string of the molecule is CC1CCc2c(sc(N)c2C(=O)c2ccc3[nH]c(=O)oc3c2)C1. The molecule has 0 saturated heterocycles. The minimum atomic E-state index is -0.522. The number of aromatic nitrogens is 1. The Hall–Kier alpha value is -2.34. The molecule has 1 aromatic carbocycles. The summed E-state index contributed by atoms with van der Waals surface area (Å²) in [5.74, 6) is 0.0142. The molecule has 0 saturated carbocycles. The summed E-state index contributed by atoms with van der Waals surface area (Å²) in [5, 5.41) is 0.588. The smallest absolute Gasteiger partial charge is 0.408 e. The van der Waals surface area contributed by atoms with Gasteiger partial charge in [-0.15, -0.1) is 11.3 Å². The molecule has 0 fully saturated rings. The number of rotatable bonds is 2. The first kappa shape index (κ1) is 14.3. The molecule has 5 nitrogen and oxygen atoms in total. The Balaban J connectivity index is 1.80. The normalized spacial score (nSPS) is 17.3. The van der Waals surface area contributed by atoms with Gasteiger partial charge in [-0.2, -0.15) is 0 Å². The third-order valence-corrected chi connectivity index (χ3v) is 5.53. The molecule has 2 heterocycles. The van der Waals surface area contributed by atoms with E-state index in [2.05, 4.69) is 11.9 Å². The summed E-state index contributed by atoms with van der Waals surface area (Å²) >= 11 is 1.53. The third kappa shape index (κ3) is 2.30. The number of nitrogens with two attached hydrogens (primary N) is 1. The fourth-order valence-corrected chi connectivity index (χ4v) is 4.53. The molecule has 1 unspecified atom stereocenters. The Morgan fingerprint density at radius 2 is 2.26 bits per heavy atom. The number of hydrogen-bond acceptors (Lipinski definition) is 5. The van der Waals surface area contributed by atoms with E-state index < -0.39 is 5.76 Å². The van der Waals surface area contributed by atoms with Crippen molar-refractivity contribution in [2.24, 2.45) is 5.92 Å². The van der Waals surface area contributed by atoms with Gasteiger partial charge in [0.1, 0.15) is 0 Å². The molecular weight excluding hydrogens is 312 g/mol. The summed E-state index contributed by atoms with van der Waals surface area (Å²) < 4.78 is 5.04. The van der Waals surface area contributed by atoms with Crippen LogP contribution in [0.4, 0.5) is 5.00 Å². The van der Waals surface area contributed by atoms with E-state index in [4.69, 9.17) is 10.2 Å². The number of anilines is 1. The van der Waals surface area contributed by atoms with Crippen LogP contribution >= 0.6 is 11.3 Å². The number of ketones is 1. The molecule has 118 valence electrons. The van der Waals surface area contributed by atoms with Gasteiger partial charge in [-0.1, -0.05) is 6.92 Å². The van der Waals surface area contributed by atoms with Crippen molar-refractivity contribution in [3.05, 3.63) is 50.3 Å². The molecule has 0 radical (unpaired) electrons. The fourth-order valence-electron chi connectivity index (χ4n) is 3.25. The largest absolute Gasteiger partial charge is 0.417 e. The summed E-state index contributed by atoms with van der Waals surface area (Å²) in [6, 6.07) is 4.99. The highest BCUT2D eigenvalue weighted by atomic mass is 32.1. The van der Waals surface area contributed by atoms with Crippen molar-refractivity contribution in [3.8, 4) is 0 Å². The van der Waals surface area contributed by atoms with Crippen LogP contribution in [0, 0.1) is 5.92 Å². The first-order chi connectivity index (χ1) is 11.0. The zero-order valence-electron chi connectivity index (χ0n) is 12.6. The molecule has 1 atom stereocenters. The van der Waals surface area contributed by atoms with Crippen LogP contribution < -0.4 is 11.5 Å². The van der Waals surface area contributed by atoms with Gasteiger partial charge in [0, 0.05) is 10.4 Å². The zero-order valence-corrected chi connectivity index (χ0v) is 13.5. The summed E-state index contributed by atoms with van der Waals surface area (Å²) in [6.45, 7) is 2.22. The maximum Gasteiger partial charge on any atom is 0.417 e. The summed E-state index contributed by atoms with van der Waals surface area (Å²) in [6.07, 6.45) is 2.96. The van der Waals surface area contributed by atoms with Crippen LogP contribution in [-0.2, 0) is 12.8 Å². The zero-order chi connectivity index (χ0) is 16.1. The Labute approximate surface area is 136 Å². The average Bonchev–Trinajstić information content (AvgIpc) is 3.03. The van der Waals surface area contributed by atoms with E-state index in [1.807, 2.05) is 0 Å². The number of H-pyrrole nitrogens is 1. The average molecular weight is 328 g/mol. The second-order valence-electron chi connectivity index (χ2n) is 6.15. The number of oxazole rings is 1. The standard InChI is InChI=1S/C17H16N2O3S/c1-8-2-4-10-13(6-8)23-16(18)14(10)15(20)9-3-5-11-12(7-9)22-17(21)19-11/h3,5,7-8H,2,4,6,18H2,1H3,(H,19,21). The van der Waals surface area contributed by atoms with Crippen molar-refractivity contribution in [1.29, 1.82) is 0 Å². The number of fused-ring (bicyclic) bond motifs is 2. The number of nitrogen functional groups attached to an aromatic ring is 1. The second kappa shape index (κ2) is 5.09. The molecule has 3 aromatic rings. The van der Waals surface area contributed by atoms with Crippen LogP contribution in [0.15, 0.2) is 27.4 Å². The highest BCUT2D eigenvalue weighted by Crippen LogP contribution is 2.39. The summed E-state index contributed by atoms with van der Waals surface area (Å²) in [4.78, 5) is 28.0. The van der Waals surface area contributed by atoms with Gasteiger partial charge in [0.2, 0.25) is 0 Å². The molecule has 0 aliphatic heterocycles. The Morgan fingerprint density at radius 3 is 3.09 bits per heavy atom. The maximum absolute atomic E-state index is 12.9. The van der Waals surface area contributed by atoms with Crippen molar-refractivity contribution >= 4 is 33.2 Å². The van der Waals surface area contributed by atoms with Gasteiger partial charge in [0.15, 0.2) is 11.4 Å².